The summed E-state index contributed by atoms with van der Waals surface area (Å²) in [5.74, 6) is 0.813. The van der Waals surface area contributed by atoms with Crippen molar-refractivity contribution in [2.75, 3.05) is 33.3 Å². The van der Waals surface area contributed by atoms with Crippen LogP contribution in [0.5, 0.6) is 5.75 Å². The molecule has 6 heteroatoms. The summed E-state index contributed by atoms with van der Waals surface area (Å²) in [6.07, 6.45) is 0. The molecule has 1 heterocycles. The predicted octanol–water partition coefficient (Wildman–Crippen LogP) is 3.96. The third-order valence-electron chi connectivity index (χ3n) is 4.41. The van der Waals surface area contributed by atoms with Gasteiger partial charge in [0, 0.05) is 48.3 Å². The fourth-order valence-electron chi connectivity index (χ4n) is 2.92. The average molecular weight is 379 g/mol. The van der Waals surface area contributed by atoms with Crippen molar-refractivity contribution in [3.8, 4) is 5.75 Å². The van der Waals surface area contributed by atoms with Crippen molar-refractivity contribution in [2.45, 2.75) is 6.54 Å². The lowest BCUT2D eigenvalue weighted by Crippen LogP contribution is -2.48. The number of methoxy groups -OCH3 is 1. The molecule has 0 atom stereocenters. The van der Waals surface area contributed by atoms with Gasteiger partial charge in [-0.25, -0.2) is 0 Å². The number of carbonyl (C=O) groups excluding carboxylic acids is 1. The van der Waals surface area contributed by atoms with E-state index in [2.05, 4.69) is 4.90 Å². The molecule has 0 saturated carbocycles. The number of carbonyl (C=O) groups is 1. The first-order valence-corrected chi connectivity index (χ1v) is 8.92. The molecule has 0 aromatic heterocycles. The summed E-state index contributed by atoms with van der Waals surface area (Å²) < 4.78 is 5.13. The molecule has 25 heavy (non-hydrogen) atoms. The van der Waals surface area contributed by atoms with Crippen LogP contribution in [0.3, 0.4) is 0 Å². The maximum atomic E-state index is 12.6. The quantitative estimate of drug-likeness (QED) is 0.806. The number of hydrogen-bond acceptors (Lipinski definition) is 3. The highest BCUT2D eigenvalue weighted by Gasteiger charge is 2.22. The lowest BCUT2D eigenvalue weighted by molar-refractivity contribution is 0.0628. The van der Waals surface area contributed by atoms with Gasteiger partial charge in [-0.1, -0.05) is 29.3 Å². The Bertz CT molecular complexity index is 742. The molecule has 132 valence electrons. The van der Waals surface area contributed by atoms with Gasteiger partial charge in [-0.3, -0.25) is 9.69 Å². The molecular formula is C19H20Cl2N2O2. The topological polar surface area (TPSA) is 32.8 Å². The van der Waals surface area contributed by atoms with E-state index < -0.39 is 0 Å². The van der Waals surface area contributed by atoms with Gasteiger partial charge in [0.15, 0.2) is 0 Å². The van der Waals surface area contributed by atoms with E-state index in [1.165, 1.54) is 0 Å². The standard InChI is InChI=1S/C19H20Cl2N2O2/c1-25-17-6-3-14(4-7-17)19(24)23-10-8-22(9-11-23)13-15-2-5-16(20)12-18(15)21/h2-7,12H,8-11,13H2,1H3. The van der Waals surface area contributed by atoms with Crippen LogP contribution >= 0.6 is 23.2 Å². The molecular weight excluding hydrogens is 359 g/mol. The Hall–Kier alpha value is -1.75. The van der Waals surface area contributed by atoms with Crippen LogP contribution in [0.1, 0.15) is 15.9 Å². The SMILES string of the molecule is COc1ccc(C(=O)N2CCN(Cc3ccc(Cl)cc3Cl)CC2)cc1. The molecule has 0 N–H and O–H groups in total. The number of halogens is 2. The monoisotopic (exact) mass is 378 g/mol. The number of piperazine rings is 1. The third-order valence-corrected chi connectivity index (χ3v) is 4.99. The Kier molecular flexibility index (Phi) is 5.84. The minimum atomic E-state index is 0.0619. The van der Waals surface area contributed by atoms with Crippen LogP contribution in [0.4, 0.5) is 0 Å². The van der Waals surface area contributed by atoms with Crippen molar-refractivity contribution in [3.05, 3.63) is 63.6 Å². The summed E-state index contributed by atoms with van der Waals surface area (Å²) >= 11 is 12.2. The number of benzene rings is 2. The molecule has 1 aliphatic heterocycles. The molecule has 3 rings (SSSR count). The van der Waals surface area contributed by atoms with Crippen LogP contribution in [0.2, 0.25) is 10.0 Å². The highest BCUT2D eigenvalue weighted by Crippen LogP contribution is 2.23. The molecule has 1 amide bonds. The van der Waals surface area contributed by atoms with Crippen LogP contribution in [-0.4, -0.2) is 49.0 Å². The Morgan fingerprint density at radius 2 is 1.72 bits per heavy atom. The molecule has 1 aliphatic rings. The van der Waals surface area contributed by atoms with E-state index in [1.807, 2.05) is 29.2 Å². The molecule has 4 nitrogen and oxygen atoms in total. The molecule has 0 bridgehead atoms. The molecule has 0 aliphatic carbocycles. The predicted molar refractivity (Wildman–Crippen MR) is 101 cm³/mol. The summed E-state index contributed by atoms with van der Waals surface area (Å²) in [6.45, 7) is 3.81. The number of rotatable bonds is 4. The highest BCUT2D eigenvalue weighted by atomic mass is 35.5. The maximum Gasteiger partial charge on any atom is 0.253 e. The van der Waals surface area contributed by atoms with Gasteiger partial charge >= 0.3 is 0 Å². The van der Waals surface area contributed by atoms with Gasteiger partial charge in [0.1, 0.15) is 5.75 Å². The van der Waals surface area contributed by atoms with E-state index in [9.17, 15) is 4.79 Å². The lowest BCUT2D eigenvalue weighted by atomic mass is 10.1. The van der Waals surface area contributed by atoms with Gasteiger partial charge in [0.05, 0.1) is 7.11 Å². The summed E-state index contributed by atoms with van der Waals surface area (Å²) in [5, 5.41) is 1.33. The van der Waals surface area contributed by atoms with Crippen molar-refractivity contribution in [3.63, 3.8) is 0 Å². The van der Waals surface area contributed by atoms with Gasteiger partial charge < -0.3 is 9.64 Å². The second-order valence-corrected chi connectivity index (χ2v) is 6.88. The van der Waals surface area contributed by atoms with Crippen molar-refractivity contribution in [1.29, 1.82) is 0 Å². The van der Waals surface area contributed by atoms with Crippen molar-refractivity contribution in [2.24, 2.45) is 0 Å². The average Bonchev–Trinajstić information content (AvgIpc) is 2.64. The Morgan fingerprint density at radius 3 is 2.32 bits per heavy atom. The van der Waals surface area contributed by atoms with Gasteiger partial charge in [-0.15, -0.1) is 0 Å². The zero-order chi connectivity index (χ0) is 17.8. The van der Waals surface area contributed by atoms with Gasteiger partial charge in [0.25, 0.3) is 5.91 Å². The maximum absolute atomic E-state index is 12.6. The first-order chi connectivity index (χ1) is 12.1. The summed E-state index contributed by atoms with van der Waals surface area (Å²) in [6, 6.07) is 12.8. The lowest BCUT2D eigenvalue weighted by Gasteiger charge is -2.35. The minimum Gasteiger partial charge on any atom is -0.497 e. The normalized spacial score (nSPS) is 15.2. The van der Waals surface area contributed by atoms with Gasteiger partial charge in [-0.2, -0.15) is 0 Å². The van der Waals surface area contributed by atoms with Gasteiger partial charge in [-0.05, 0) is 42.0 Å². The fourth-order valence-corrected chi connectivity index (χ4v) is 3.38. The number of hydrogen-bond donors (Lipinski definition) is 0. The van der Waals surface area contributed by atoms with Crippen molar-refractivity contribution < 1.29 is 9.53 Å². The van der Waals surface area contributed by atoms with Crippen molar-refractivity contribution >= 4 is 29.1 Å². The second-order valence-electron chi connectivity index (χ2n) is 6.03. The number of amides is 1. The molecule has 2 aromatic rings. The zero-order valence-corrected chi connectivity index (χ0v) is 15.6. The van der Waals surface area contributed by atoms with Crippen LogP contribution < -0.4 is 4.74 Å². The Morgan fingerprint density at radius 1 is 1.04 bits per heavy atom. The molecule has 0 radical (unpaired) electrons. The largest absolute Gasteiger partial charge is 0.497 e. The van der Waals surface area contributed by atoms with Crippen LogP contribution in [0, 0.1) is 0 Å². The molecule has 1 saturated heterocycles. The third kappa shape index (κ3) is 4.46. The fraction of sp³-hybridized carbons (Fsp3) is 0.316. The first kappa shape index (κ1) is 18.1. The first-order valence-electron chi connectivity index (χ1n) is 8.16. The van der Waals surface area contributed by atoms with Gasteiger partial charge in [0.2, 0.25) is 0 Å². The van der Waals surface area contributed by atoms with E-state index in [1.54, 1.807) is 25.3 Å². The van der Waals surface area contributed by atoms with E-state index in [0.717, 1.165) is 30.9 Å². The van der Waals surface area contributed by atoms with Crippen LogP contribution in [-0.2, 0) is 6.54 Å². The van der Waals surface area contributed by atoms with Crippen LogP contribution in [0.25, 0.3) is 0 Å². The minimum absolute atomic E-state index is 0.0619. The van der Waals surface area contributed by atoms with Crippen molar-refractivity contribution in [1.82, 2.24) is 9.80 Å². The highest BCUT2D eigenvalue weighted by molar-refractivity contribution is 6.35. The zero-order valence-electron chi connectivity index (χ0n) is 14.0. The smallest absolute Gasteiger partial charge is 0.253 e. The summed E-state index contributed by atoms with van der Waals surface area (Å²) in [5.41, 5.74) is 1.75. The second kappa shape index (κ2) is 8.09. The van der Waals surface area contributed by atoms with E-state index in [4.69, 9.17) is 27.9 Å². The van der Waals surface area contributed by atoms with E-state index in [0.29, 0.717) is 28.7 Å². The molecule has 1 fully saturated rings. The number of nitrogens with zero attached hydrogens (tertiary/aromatic N) is 2. The molecule has 0 unspecified atom stereocenters. The Labute approximate surface area is 157 Å². The molecule has 0 spiro atoms. The molecule has 2 aromatic carbocycles. The number of ether oxygens (including phenoxy) is 1. The van der Waals surface area contributed by atoms with E-state index >= 15 is 0 Å². The van der Waals surface area contributed by atoms with E-state index in [-0.39, 0.29) is 5.91 Å². The summed E-state index contributed by atoms with van der Waals surface area (Å²) in [7, 11) is 1.61. The van der Waals surface area contributed by atoms with Crippen LogP contribution in [0.15, 0.2) is 42.5 Å². The Balaban J connectivity index is 1.56. The summed E-state index contributed by atoms with van der Waals surface area (Å²) in [4.78, 5) is 16.8.